The van der Waals surface area contributed by atoms with Crippen LogP contribution in [0.4, 0.5) is 8.78 Å². The highest BCUT2D eigenvalue weighted by Crippen LogP contribution is 2.20. The molecule has 0 saturated heterocycles. The summed E-state index contributed by atoms with van der Waals surface area (Å²) in [6, 6.07) is 3.38. The molecule has 1 unspecified atom stereocenters. The number of rotatable bonds is 5. The molecule has 0 radical (unpaired) electrons. The van der Waals surface area contributed by atoms with E-state index in [1.807, 2.05) is 6.92 Å². The molecule has 1 aromatic rings. The Balaban J connectivity index is 2.76. The second kappa shape index (κ2) is 6.44. The molecule has 1 atom stereocenters. The van der Waals surface area contributed by atoms with Gasteiger partial charge in [-0.05, 0) is 31.2 Å². The minimum atomic E-state index is -0.896. The van der Waals surface area contributed by atoms with Crippen LogP contribution < -0.4 is 5.32 Å². The van der Waals surface area contributed by atoms with Crippen molar-refractivity contribution in [2.45, 2.75) is 19.9 Å². The van der Waals surface area contributed by atoms with Crippen molar-refractivity contribution in [2.24, 2.45) is 0 Å². The standard InChI is InChI=1S/C13H18F2N2O/c1-4-16-8-13(18)17(3)9(2)10-5-6-11(14)12(15)7-10/h5-7,9,16H,4,8H2,1-3H3. The van der Waals surface area contributed by atoms with Gasteiger partial charge in [-0.1, -0.05) is 13.0 Å². The van der Waals surface area contributed by atoms with E-state index in [0.29, 0.717) is 12.1 Å². The van der Waals surface area contributed by atoms with Crippen molar-refractivity contribution >= 4 is 5.91 Å². The predicted molar refractivity (Wildman–Crippen MR) is 66.1 cm³/mol. The van der Waals surface area contributed by atoms with Gasteiger partial charge in [0.2, 0.25) is 5.91 Å². The molecule has 1 rings (SSSR count). The molecule has 5 heteroatoms. The summed E-state index contributed by atoms with van der Waals surface area (Å²) in [5, 5.41) is 2.93. The molecule has 100 valence electrons. The third kappa shape index (κ3) is 3.50. The topological polar surface area (TPSA) is 32.3 Å². The van der Waals surface area contributed by atoms with E-state index in [1.165, 1.54) is 11.0 Å². The first-order chi connectivity index (χ1) is 8.47. The number of nitrogens with zero attached hydrogens (tertiary/aromatic N) is 1. The Hall–Kier alpha value is -1.49. The molecule has 1 amide bonds. The molecular formula is C13H18F2N2O. The molecule has 0 aliphatic heterocycles. The molecule has 0 heterocycles. The Bertz CT molecular complexity index is 423. The van der Waals surface area contributed by atoms with Crippen molar-refractivity contribution in [3.8, 4) is 0 Å². The zero-order valence-corrected chi connectivity index (χ0v) is 10.8. The van der Waals surface area contributed by atoms with Crippen LogP contribution >= 0.6 is 0 Å². The minimum Gasteiger partial charge on any atom is -0.338 e. The second-order valence-electron chi connectivity index (χ2n) is 4.13. The maximum absolute atomic E-state index is 13.1. The Labute approximate surface area is 106 Å². The number of amides is 1. The van der Waals surface area contributed by atoms with Crippen LogP contribution in [0.3, 0.4) is 0 Å². The molecule has 0 fully saturated rings. The lowest BCUT2D eigenvalue weighted by Crippen LogP contribution is -2.37. The summed E-state index contributed by atoms with van der Waals surface area (Å²) < 4.78 is 25.9. The van der Waals surface area contributed by atoms with Gasteiger partial charge in [0, 0.05) is 7.05 Å². The lowest BCUT2D eigenvalue weighted by Gasteiger charge is -2.25. The van der Waals surface area contributed by atoms with E-state index in [-0.39, 0.29) is 18.5 Å². The van der Waals surface area contributed by atoms with Crippen LogP contribution in [0.1, 0.15) is 25.5 Å². The molecule has 1 aromatic carbocycles. The smallest absolute Gasteiger partial charge is 0.236 e. The number of likely N-dealkylation sites (N-methyl/N-ethyl adjacent to an activating group) is 2. The van der Waals surface area contributed by atoms with Crippen LogP contribution in [0.15, 0.2) is 18.2 Å². The first kappa shape index (κ1) is 14.6. The monoisotopic (exact) mass is 256 g/mol. The van der Waals surface area contributed by atoms with E-state index >= 15 is 0 Å². The third-order valence-electron chi connectivity index (χ3n) is 2.93. The molecule has 1 N–H and O–H groups in total. The van der Waals surface area contributed by atoms with Crippen molar-refractivity contribution in [3.63, 3.8) is 0 Å². The average Bonchev–Trinajstić information content (AvgIpc) is 2.37. The van der Waals surface area contributed by atoms with Gasteiger partial charge in [0.15, 0.2) is 11.6 Å². The highest BCUT2D eigenvalue weighted by atomic mass is 19.2. The highest BCUT2D eigenvalue weighted by Gasteiger charge is 2.18. The summed E-state index contributed by atoms with van der Waals surface area (Å²) >= 11 is 0. The molecule has 0 aliphatic carbocycles. The Kier molecular flexibility index (Phi) is 5.22. The number of benzene rings is 1. The molecule has 0 bridgehead atoms. The molecule has 18 heavy (non-hydrogen) atoms. The number of carbonyl (C=O) groups is 1. The van der Waals surface area contributed by atoms with E-state index in [9.17, 15) is 13.6 Å². The Morgan fingerprint density at radius 3 is 2.61 bits per heavy atom. The summed E-state index contributed by atoms with van der Waals surface area (Å²) in [5.74, 6) is -1.87. The van der Waals surface area contributed by atoms with Crippen LogP contribution in [-0.2, 0) is 4.79 Å². The number of nitrogens with one attached hydrogen (secondary N) is 1. The molecule has 0 spiro atoms. The van der Waals surface area contributed by atoms with Gasteiger partial charge in [0.1, 0.15) is 0 Å². The number of carbonyl (C=O) groups excluding carboxylic acids is 1. The molecule has 3 nitrogen and oxygen atoms in total. The van der Waals surface area contributed by atoms with Gasteiger partial charge in [-0.2, -0.15) is 0 Å². The highest BCUT2D eigenvalue weighted by molar-refractivity contribution is 5.78. The second-order valence-corrected chi connectivity index (χ2v) is 4.13. The van der Waals surface area contributed by atoms with Gasteiger partial charge in [0.05, 0.1) is 12.6 Å². The SMILES string of the molecule is CCNCC(=O)N(C)C(C)c1ccc(F)c(F)c1. The summed E-state index contributed by atoms with van der Waals surface area (Å²) in [4.78, 5) is 13.3. The van der Waals surface area contributed by atoms with Gasteiger partial charge in [0.25, 0.3) is 0 Å². The van der Waals surface area contributed by atoms with Gasteiger partial charge >= 0.3 is 0 Å². The summed E-state index contributed by atoms with van der Waals surface area (Å²) in [5.41, 5.74) is 0.571. The quantitative estimate of drug-likeness (QED) is 0.875. The molecular weight excluding hydrogens is 238 g/mol. The van der Waals surface area contributed by atoms with Crippen LogP contribution in [-0.4, -0.2) is 30.9 Å². The molecule has 0 saturated carbocycles. The van der Waals surface area contributed by atoms with Gasteiger partial charge in [-0.25, -0.2) is 8.78 Å². The van der Waals surface area contributed by atoms with E-state index < -0.39 is 11.6 Å². The molecule has 0 aliphatic rings. The van der Waals surface area contributed by atoms with Gasteiger partial charge in [-0.3, -0.25) is 4.79 Å². The summed E-state index contributed by atoms with van der Waals surface area (Å²) in [6.07, 6.45) is 0. The van der Waals surface area contributed by atoms with Crippen molar-refractivity contribution in [1.29, 1.82) is 0 Å². The van der Waals surface area contributed by atoms with Crippen LogP contribution in [0, 0.1) is 11.6 Å². The average molecular weight is 256 g/mol. The fraction of sp³-hybridized carbons (Fsp3) is 0.462. The predicted octanol–water partition coefficient (Wildman–Crippen LogP) is 2.09. The lowest BCUT2D eigenvalue weighted by molar-refractivity contribution is -0.130. The van der Waals surface area contributed by atoms with E-state index in [4.69, 9.17) is 0 Å². The zero-order chi connectivity index (χ0) is 13.7. The van der Waals surface area contributed by atoms with E-state index in [2.05, 4.69) is 5.32 Å². The summed E-state index contributed by atoms with van der Waals surface area (Å²) in [7, 11) is 1.64. The third-order valence-corrected chi connectivity index (χ3v) is 2.93. The zero-order valence-electron chi connectivity index (χ0n) is 10.8. The van der Waals surface area contributed by atoms with Crippen molar-refractivity contribution in [3.05, 3.63) is 35.4 Å². The summed E-state index contributed by atoms with van der Waals surface area (Å²) in [6.45, 7) is 4.63. The number of hydrogen-bond donors (Lipinski definition) is 1. The van der Waals surface area contributed by atoms with E-state index in [0.717, 1.165) is 12.1 Å². The van der Waals surface area contributed by atoms with Crippen LogP contribution in [0.5, 0.6) is 0 Å². The van der Waals surface area contributed by atoms with Crippen molar-refractivity contribution < 1.29 is 13.6 Å². The van der Waals surface area contributed by atoms with Gasteiger partial charge in [-0.15, -0.1) is 0 Å². The minimum absolute atomic E-state index is 0.0888. The van der Waals surface area contributed by atoms with Crippen molar-refractivity contribution in [1.82, 2.24) is 10.2 Å². The maximum Gasteiger partial charge on any atom is 0.236 e. The maximum atomic E-state index is 13.1. The van der Waals surface area contributed by atoms with Crippen molar-refractivity contribution in [2.75, 3.05) is 20.1 Å². The largest absolute Gasteiger partial charge is 0.338 e. The Morgan fingerprint density at radius 2 is 2.06 bits per heavy atom. The fourth-order valence-electron chi connectivity index (χ4n) is 1.57. The Morgan fingerprint density at radius 1 is 1.39 bits per heavy atom. The van der Waals surface area contributed by atoms with Crippen LogP contribution in [0.25, 0.3) is 0 Å². The normalized spacial score (nSPS) is 12.3. The lowest BCUT2D eigenvalue weighted by atomic mass is 10.1. The van der Waals surface area contributed by atoms with E-state index in [1.54, 1.807) is 14.0 Å². The van der Waals surface area contributed by atoms with Crippen LogP contribution in [0.2, 0.25) is 0 Å². The fourth-order valence-corrected chi connectivity index (χ4v) is 1.57. The first-order valence-electron chi connectivity index (χ1n) is 5.88. The molecule has 0 aromatic heterocycles. The first-order valence-corrected chi connectivity index (χ1v) is 5.88. The van der Waals surface area contributed by atoms with Gasteiger partial charge < -0.3 is 10.2 Å². The number of halogens is 2. The number of hydrogen-bond acceptors (Lipinski definition) is 2.